The number of methoxy groups -OCH3 is 1. The Morgan fingerprint density at radius 1 is 0.678 bits per heavy atom. The van der Waals surface area contributed by atoms with Crippen LogP contribution in [-0.2, 0) is 47.7 Å². The number of ether oxygens (including phenoxy) is 8. The summed E-state index contributed by atoms with van der Waals surface area (Å²) in [6.45, 7) is 24.2. The number of benzene rings is 2. The number of Topliss-reactive ketones (excluding diaryl/α,β-unsaturated/α-hetero) is 1. The van der Waals surface area contributed by atoms with Crippen LogP contribution in [0.5, 0.6) is 23.0 Å². The summed E-state index contributed by atoms with van der Waals surface area (Å²) in [6.07, 6.45) is 14.9. The first-order valence-corrected chi connectivity index (χ1v) is 43.6. The van der Waals surface area contributed by atoms with Crippen molar-refractivity contribution in [2.24, 2.45) is 40.9 Å². The Morgan fingerprint density at radius 3 is 1.79 bits per heavy atom. The number of ketones is 1. The van der Waals surface area contributed by atoms with Gasteiger partial charge in [-0.25, -0.2) is 33.7 Å². The van der Waals surface area contributed by atoms with E-state index in [1.807, 2.05) is 97.1 Å². The van der Waals surface area contributed by atoms with Crippen LogP contribution in [0.2, 0.25) is 0 Å². The van der Waals surface area contributed by atoms with E-state index in [1.54, 1.807) is 52.7 Å². The van der Waals surface area contributed by atoms with Crippen LogP contribution in [0.25, 0.3) is 33.4 Å². The van der Waals surface area contributed by atoms with Gasteiger partial charge in [0, 0.05) is 117 Å². The fourth-order valence-corrected chi connectivity index (χ4v) is 18.7. The summed E-state index contributed by atoms with van der Waals surface area (Å²) >= 11 is 0. The van der Waals surface area contributed by atoms with E-state index in [2.05, 4.69) is 48.5 Å². The van der Waals surface area contributed by atoms with Gasteiger partial charge in [-0.3, -0.25) is 28.9 Å². The summed E-state index contributed by atoms with van der Waals surface area (Å²) in [5.74, 6) is 3.49. The lowest BCUT2D eigenvalue weighted by molar-refractivity contribution is -0.146. The van der Waals surface area contributed by atoms with Crippen LogP contribution in [0.3, 0.4) is 0 Å². The second kappa shape index (κ2) is 36.4. The molecular weight excluding hydrogens is 1550 g/mol. The molecule has 4 aromatic heterocycles. The third kappa shape index (κ3) is 20.2. The molecule has 2 unspecified atom stereocenters. The lowest BCUT2D eigenvalue weighted by Crippen LogP contribution is -2.59. The van der Waals surface area contributed by atoms with Crippen molar-refractivity contribution in [1.29, 1.82) is 0 Å². The van der Waals surface area contributed by atoms with E-state index in [0.29, 0.717) is 119 Å². The maximum atomic E-state index is 14.8. The van der Waals surface area contributed by atoms with Crippen molar-refractivity contribution in [3.05, 3.63) is 85.7 Å². The number of anilines is 2. The maximum absolute atomic E-state index is 14.8. The minimum Gasteiger partial charge on any atom is -0.492 e. The van der Waals surface area contributed by atoms with E-state index in [4.69, 9.17) is 53.0 Å². The lowest BCUT2D eigenvalue weighted by Gasteiger charge is -2.35. The summed E-state index contributed by atoms with van der Waals surface area (Å²) in [7, 11) is 1.60. The molecule has 0 spiro atoms. The molecule has 16 atom stereocenters. The number of carboxylic acid groups (broad SMARTS) is 1. The first-order valence-electron chi connectivity index (χ1n) is 43.6. The number of alkyl carbamates (subject to hydrolysis) is 2. The second-order valence-electron chi connectivity index (χ2n) is 36.5. The largest absolute Gasteiger partial charge is 0.492 e. The van der Waals surface area contributed by atoms with Crippen LogP contribution in [-0.4, -0.2) is 242 Å². The highest BCUT2D eigenvalue weighted by atomic mass is 16.6. The van der Waals surface area contributed by atoms with Crippen molar-refractivity contribution in [2.45, 2.75) is 236 Å². The zero-order valence-corrected chi connectivity index (χ0v) is 71.0. The number of hydrogen-bond donors (Lipinski definition) is 7. The van der Waals surface area contributed by atoms with Gasteiger partial charge in [-0.2, -0.15) is 0 Å². The number of morpholine rings is 1. The van der Waals surface area contributed by atoms with Gasteiger partial charge >= 0.3 is 18.2 Å². The number of aliphatic carboxylic acids is 1. The number of nitrogens with one attached hydrogen (secondary N) is 6. The summed E-state index contributed by atoms with van der Waals surface area (Å²) in [5, 5.41) is 39.2. The summed E-state index contributed by atoms with van der Waals surface area (Å²) < 4.78 is 51.3. The van der Waals surface area contributed by atoms with Crippen LogP contribution in [0.4, 0.5) is 21.2 Å². The number of amides is 6. The lowest BCUT2D eigenvalue weighted by atomic mass is 9.85. The van der Waals surface area contributed by atoms with Gasteiger partial charge in [0.15, 0.2) is 17.4 Å². The van der Waals surface area contributed by atoms with Crippen molar-refractivity contribution in [3.8, 4) is 34.6 Å². The number of rotatable bonds is 28. The first-order chi connectivity index (χ1) is 58.1. The molecule has 0 bridgehead atoms. The molecular formula is C89H119N15O17. The van der Waals surface area contributed by atoms with Crippen molar-refractivity contribution < 1.29 is 81.4 Å². The smallest absolute Gasteiger partial charge is 0.408 e. The fourth-order valence-electron chi connectivity index (χ4n) is 18.7. The molecule has 6 aliphatic carbocycles. The van der Waals surface area contributed by atoms with Gasteiger partial charge in [0.1, 0.15) is 108 Å². The minimum atomic E-state index is -1.52. The van der Waals surface area contributed by atoms with E-state index >= 15 is 0 Å². The molecule has 8 heterocycles. The number of fused-ring (bicyclic) bond motifs is 6. The second-order valence-corrected chi connectivity index (χ2v) is 36.5. The predicted molar refractivity (Wildman–Crippen MR) is 449 cm³/mol. The number of carboxylic acids is 1. The van der Waals surface area contributed by atoms with Gasteiger partial charge in [0.05, 0.1) is 43.9 Å². The topological polar surface area (TPSA) is 374 Å². The molecule has 2 aromatic carbocycles. The average Bonchev–Trinajstić information content (AvgIpc) is 1.58. The fraction of sp³-hybridized carbons (Fsp3) is 0.618. The maximum Gasteiger partial charge on any atom is 0.408 e. The number of nitrogens with zero attached hydrogens (tertiary/aromatic N) is 9. The summed E-state index contributed by atoms with van der Waals surface area (Å²) in [6, 6.07) is 14.8. The van der Waals surface area contributed by atoms with Crippen LogP contribution < -0.4 is 50.8 Å². The summed E-state index contributed by atoms with van der Waals surface area (Å²) in [4.78, 5) is 126. The van der Waals surface area contributed by atoms with Crippen LogP contribution in [0.1, 0.15) is 165 Å². The van der Waals surface area contributed by atoms with Crippen molar-refractivity contribution in [3.63, 3.8) is 0 Å². The normalized spacial score (nSPS) is 28.3. The Balaban J connectivity index is 0.000000189. The molecule has 32 heteroatoms. The summed E-state index contributed by atoms with van der Waals surface area (Å²) in [5.41, 5.74) is -2.05. The molecule has 16 rings (SSSR count). The molecule has 32 nitrogen and oxygen atoms in total. The molecule has 6 saturated carbocycles. The zero-order valence-electron chi connectivity index (χ0n) is 71.0. The number of pyridine rings is 2. The van der Waals surface area contributed by atoms with Gasteiger partial charge in [0.25, 0.3) is 0 Å². The van der Waals surface area contributed by atoms with Crippen LogP contribution in [0.15, 0.2) is 85.7 Å². The Hall–Kier alpha value is -10.3. The number of hydrogen-bond acceptors (Lipinski definition) is 23. The highest BCUT2D eigenvalue weighted by Gasteiger charge is 2.62. The Labute approximate surface area is 705 Å². The van der Waals surface area contributed by atoms with Gasteiger partial charge in [-0.15, -0.1) is 16.8 Å². The molecule has 6 amide bonds. The molecule has 4 saturated heterocycles. The highest BCUT2D eigenvalue weighted by Crippen LogP contribution is 2.54. The monoisotopic (exact) mass is 1670 g/mol. The molecule has 6 aromatic rings. The molecule has 10 fully saturated rings. The number of carbonyl (C=O) groups is 8. The average molecular weight is 1670 g/mol. The van der Waals surface area contributed by atoms with E-state index < -0.39 is 88.8 Å². The van der Waals surface area contributed by atoms with E-state index in [0.717, 1.165) is 102 Å². The molecule has 7 N–H and O–H groups in total. The Morgan fingerprint density at radius 2 is 1.24 bits per heavy atom. The van der Waals surface area contributed by atoms with Crippen molar-refractivity contribution >= 4 is 81.0 Å². The highest BCUT2D eigenvalue weighted by molar-refractivity contribution is 5.99. The SMILES string of the molecule is C=C[C@@H]1C[C@]1(NC(=O)[C@@H]1C[C@@H](Oc2cc(-n3ccc(NC(C)C)n3)nc3cc(OCCOC)ccc23)CN1C(=O)[C@@H](NC(=O)OC1C[C@@H]2C[C@@H]2C1)C(C)(C)C)C(=O)O.CC(=O)[C@@]12C[C@H]1CCCCCCC[C@H](NC(=O)OC1C[C@@H]3C[C@@H]3C1)C(=O)N1C[C@H](Oc3cc(-n4ccc(NC(C)C)n4)nc4cc(OCCN5CCOCC5)ccc34)C[C@H]1C(=O)N2. The molecule has 652 valence electrons. The number of carbonyl (C=O) groups excluding carboxylic acids is 7. The van der Waals surface area contributed by atoms with Gasteiger partial charge < -0.3 is 84.7 Å². The quantitative estimate of drug-likeness (QED) is 0.0177. The first kappa shape index (κ1) is 85.6. The molecule has 0 radical (unpaired) electrons. The molecule has 4 aliphatic heterocycles. The molecule has 10 aliphatic rings. The Kier molecular flexibility index (Phi) is 25.7. The van der Waals surface area contributed by atoms with Crippen molar-refractivity contribution in [2.75, 3.05) is 83.5 Å². The van der Waals surface area contributed by atoms with E-state index in [1.165, 1.54) is 23.8 Å². The van der Waals surface area contributed by atoms with E-state index in [-0.39, 0.29) is 80.2 Å². The van der Waals surface area contributed by atoms with Gasteiger partial charge in [0.2, 0.25) is 23.6 Å². The third-order valence-electron chi connectivity index (χ3n) is 25.7. The predicted octanol–water partition coefficient (Wildman–Crippen LogP) is 10.1. The third-order valence-corrected chi connectivity index (χ3v) is 25.7. The van der Waals surface area contributed by atoms with Crippen LogP contribution >= 0.6 is 0 Å². The van der Waals surface area contributed by atoms with Gasteiger partial charge in [-0.1, -0.05) is 59.0 Å². The van der Waals surface area contributed by atoms with Crippen LogP contribution in [0, 0.1) is 40.9 Å². The zero-order chi connectivity index (χ0) is 85.2. The molecule has 121 heavy (non-hydrogen) atoms. The number of likely N-dealkylation sites (tertiary alicyclic amines) is 1. The minimum absolute atomic E-state index is 0.0290. The van der Waals surface area contributed by atoms with Crippen molar-refractivity contribution in [1.82, 2.24) is 65.5 Å². The van der Waals surface area contributed by atoms with E-state index in [9.17, 15) is 43.5 Å². The standard InChI is InChI=1S/C47H64N8O8.C42H55N7O9/c1-29(2)48-42-13-14-55(52-42)43-26-41(37-12-11-34(24-39(37)49-43)61-20-17-53-15-18-60-19-16-53)62-36-25-40-44(57)51-47(30(3)56)27-33(47)9-7-5-4-6-8-10-38(45(58)54(40)28-36)50-46(59)63-35-22-31-21-32(31)23-35;1-8-26-21-42(26,39(52)53)46-37(50)32-19-29(22-48(32)38(51)36(41(4,5)6)45-40(54)58-28-16-24-15-25(24)17-28)57-33-20-35(49-12-11-34(47-49)43-23(2)3)44-31-18-27(9-10-30(31)33)56-14-13-55-7/h11-14,24,26,29,31-33,35-36,38,40H,4-10,15-23,25,27-28H2,1-3H3,(H,48,52)(H,50,59)(H,51,57);8-12,18,20,23-26,28-29,32,36H,1,13-17,19,21-22H2,2-7H3,(H,43,47)(H,45,54)(H,46,50)(H,52,53)/t31-,32+,33-,35?,36-,38+,40+,47+;24-,25+,26-,28?,29-,32+,36-,42-/m11/s1. The van der Waals surface area contributed by atoms with Gasteiger partial charge in [-0.05, 0) is 158 Å². The number of aromatic nitrogens is 6. The Bertz CT molecular complexity index is 4790.